The van der Waals surface area contributed by atoms with Crippen molar-refractivity contribution in [2.24, 2.45) is 5.92 Å². The summed E-state index contributed by atoms with van der Waals surface area (Å²) in [6, 6.07) is 15.8. The van der Waals surface area contributed by atoms with Gasteiger partial charge < -0.3 is 10.1 Å². The number of rotatable bonds is 6. The van der Waals surface area contributed by atoms with Crippen LogP contribution in [-0.4, -0.2) is 43.3 Å². The number of hydrogen-bond acceptors (Lipinski definition) is 5. The van der Waals surface area contributed by atoms with Gasteiger partial charge in [0.25, 0.3) is 0 Å². The summed E-state index contributed by atoms with van der Waals surface area (Å²) in [5.74, 6) is 0.314. The molecule has 0 bridgehead atoms. The zero-order valence-electron chi connectivity index (χ0n) is 17.3. The number of nitrogens with one attached hydrogen (secondary N) is 1. The molecule has 0 saturated carbocycles. The monoisotopic (exact) mass is 439 g/mol. The molecule has 1 aliphatic rings. The van der Waals surface area contributed by atoms with Gasteiger partial charge in [-0.05, 0) is 68.3 Å². The fourth-order valence-electron chi connectivity index (χ4n) is 3.83. The second kappa shape index (κ2) is 9.03. The molecule has 1 amide bonds. The Labute approximate surface area is 182 Å². The molecule has 3 aromatic rings. The molecule has 31 heavy (non-hydrogen) atoms. The Morgan fingerprint density at radius 3 is 2.55 bits per heavy atom. The van der Waals surface area contributed by atoms with E-state index in [9.17, 15) is 13.2 Å². The fraction of sp³-hybridized carbons (Fsp3) is 0.304. The van der Waals surface area contributed by atoms with E-state index < -0.39 is 10.0 Å². The highest BCUT2D eigenvalue weighted by Gasteiger charge is 2.32. The second-order valence-corrected chi connectivity index (χ2v) is 9.39. The molecule has 162 valence electrons. The third kappa shape index (κ3) is 4.55. The van der Waals surface area contributed by atoms with Crippen LogP contribution in [0.5, 0.6) is 5.75 Å². The van der Waals surface area contributed by atoms with Crippen molar-refractivity contribution in [2.75, 3.05) is 25.0 Å². The van der Waals surface area contributed by atoms with Gasteiger partial charge >= 0.3 is 0 Å². The maximum Gasteiger partial charge on any atom is 0.243 e. The van der Waals surface area contributed by atoms with Crippen LogP contribution in [0, 0.1) is 5.92 Å². The predicted octanol–water partition coefficient (Wildman–Crippen LogP) is 3.67. The summed E-state index contributed by atoms with van der Waals surface area (Å²) in [7, 11) is -3.59. The van der Waals surface area contributed by atoms with Gasteiger partial charge in [0.05, 0.1) is 22.7 Å². The minimum atomic E-state index is -3.59. The average Bonchev–Trinajstić information content (AvgIpc) is 2.80. The van der Waals surface area contributed by atoms with Crippen molar-refractivity contribution in [2.45, 2.75) is 24.7 Å². The second-order valence-electron chi connectivity index (χ2n) is 7.45. The lowest BCUT2D eigenvalue weighted by atomic mass is 9.97. The molecule has 1 fully saturated rings. The largest absolute Gasteiger partial charge is 0.494 e. The molecular weight excluding hydrogens is 414 g/mol. The standard InChI is InChI=1S/C23H25N3O4S/c1-2-30-18-8-10-19(11-9-18)31(28,29)26-15-12-17(13-16-26)23(27)25-22-7-3-6-21-20(22)5-4-14-24-21/h3-11,14,17H,2,12-13,15-16H2,1H3,(H,25,27). The van der Waals surface area contributed by atoms with Crippen molar-refractivity contribution in [3.05, 3.63) is 60.8 Å². The Hall–Kier alpha value is -2.97. The summed E-state index contributed by atoms with van der Waals surface area (Å²) in [6.07, 6.45) is 2.67. The number of piperidine rings is 1. The zero-order chi connectivity index (χ0) is 21.8. The van der Waals surface area contributed by atoms with Gasteiger partial charge in [0, 0.05) is 30.6 Å². The minimum absolute atomic E-state index is 0.0885. The van der Waals surface area contributed by atoms with E-state index in [1.165, 1.54) is 4.31 Å². The lowest BCUT2D eigenvalue weighted by molar-refractivity contribution is -0.120. The molecule has 0 aliphatic carbocycles. The predicted molar refractivity (Wildman–Crippen MR) is 119 cm³/mol. The lowest BCUT2D eigenvalue weighted by Gasteiger charge is -2.30. The van der Waals surface area contributed by atoms with Crippen molar-refractivity contribution in [3.63, 3.8) is 0 Å². The molecule has 1 aromatic heterocycles. The molecule has 0 atom stereocenters. The first-order valence-electron chi connectivity index (χ1n) is 10.4. The van der Waals surface area contributed by atoms with Crippen LogP contribution in [-0.2, 0) is 14.8 Å². The van der Waals surface area contributed by atoms with E-state index in [1.807, 2.05) is 37.3 Å². The number of amides is 1. The van der Waals surface area contributed by atoms with Gasteiger partial charge in [-0.15, -0.1) is 0 Å². The molecule has 4 rings (SSSR count). The number of aromatic nitrogens is 1. The highest BCUT2D eigenvalue weighted by Crippen LogP contribution is 2.27. The zero-order valence-corrected chi connectivity index (χ0v) is 18.1. The Morgan fingerprint density at radius 1 is 1.10 bits per heavy atom. The number of ether oxygens (including phenoxy) is 1. The third-order valence-electron chi connectivity index (χ3n) is 5.50. The third-order valence-corrected chi connectivity index (χ3v) is 7.41. The SMILES string of the molecule is CCOc1ccc(S(=O)(=O)N2CCC(C(=O)Nc3cccc4ncccc34)CC2)cc1. The number of fused-ring (bicyclic) bond motifs is 1. The summed E-state index contributed by atoms with van der Waals surface area (Å²) in [5.41, 5.74) is 1.54. The summed E-state index contributed by atoms with van der Waals surface area (Å²) in [5, 5.41) is 3.88. The summed E-state index contributed by atoms with van der Waals surface area (Å²) < 4.78 is 32.7. The Balaban J connectivity index is 1.40. The van der Waals surface area contributed by atoms with Gasteiger partial charge in [-0.3, -0.25) is 9.78 Å². The maximum absolute atomic E-state index is 12.9. The van der Waals surface area contributed by atoms with E-state index in [2.05, 4.69) is 10.3 Å². The van der Waals surface area contributed by atoms with Gasteiger partial charge in [-0.25, -0.2) is 8.42 Å². The first kappa shape index (κ1) is 21.3. The van der Waals surface area contributed by atoms with Crippen LogP contribution in [0.1, 0.15) is 19.8 Å². The highest BCUT2D eigenvalue weighted by atomic mass is 32.2. The van der Waals surface area contributed by atoms with E-state index in [1.54, 1.807) is 30.5 Å². The highest BCUT2D eigenvalue weighted by molar-refractivity contribution is 7.89. The minimum Gasteiger partial charge on any atom is -0.494 e. The average molecular weight is 440 g/mol. The normalized spacial score (nSPS) is 15.6. The molecule has 0 radical (unpaired) electrons. The van der Waals surface area contributed by atoms with Crippen molar-refractivity contribution < 1.29 is 17.9 Å². The van der Waals surface area contributed by atoms with Crippen LogP contribution in [0.4, 0.5) is 5.69 Å². The first-order valence-corrected chi connectivity index (χ1v) is 11.8. The summed E-state index contributed by atoms with van der Waals surface area (Å²) in [4.78, 5) is 17.4. The van der Waals surface area contributed by atoms with Crippen LogP contribution in [0.3, 0.4) is 0 Å². The quantitative estimate of drug-likeness (QED) is 0.633. The van der Waals surface area contributed by atoms with E-state index in [0.29, 0.717) is 38.3 Å². The number of nitrogens with zero attached hydrogens (tertiary/aromatic N) is 2. The van der Waals surface area contributed by atoms with E-state index >= 15 is 0 Å². The number of hydrogen-bond donors (Lipinski definition) is 1. The Bertz CT molecular complexity index is 1170. The molecule has 7 nitrogen and oxygen atoms in total. The number of carbonyl (C=O) groups is 1. The molecule has 0 spiro atoms. The molecule has 0 unspecified atom stereocenters. The number of sulfonamides is 1. The van der Waals surface area contributed by atoms with E-state index in [4.69, 9.17) is 4.74 Å². The van der Waals surface area contributed by atoms with Crippen LogP contribution >= 0.6 is 0 Å². The molecule has 1 aliphatic heterocycles. The summed E-state index contributed by atoms with van der Waals surface area (Å²) >= 11 is 0. The van der Waals surface area contributed by atoms with E-state index in [-0.39, 0.29) is 16.7 Å². The Kier molecular flexibility index (Phi) is 6.20. The van der Waals surface area contributed by atoms with Crippen LogP contribution in [0.25, 0.3) is 10.9 Å². The maximum atomic E-state index is 12.9. The lowest BCUT2D eigenvalue weighted by Crippen LogP contribution is -2.41. The topological polar surface area (TPSA) is 88.6 Å². The number of carbonyl (C=O) groups excluding carboxylic acids is 1. The van der Waals surface area contributed by atoms with Gasteiger partial charge in [-0.2, -0.15) is 4.31 Å². The van der Waals surface area contributed by atoms with Crippen molar-refractivity contribution >= 4 is 32.5 Å². The van der Waals surface area contributed by atoms with Crippen LogP contribution < -0.4 is 10.1 Å². The number of pyridine rings is 1. The van der Waals surface area contributed by atoms with Crippen LogP contribution in [0.15, 0.2) is 65.7 Å². The van der Waals surface area contributed by atoms with Crippen molar-refractivity contribution in [1.82, 2.24) is 9.29 Å². The van der Waals surface area contributed by atoms with Crippen LogP contribution in [0.2, 0.25) is 0 Å². The molecule has 2 aromatic carbocycles. The number of anilines is 1. The summed E-state index contributed by atoms with van der Waals surface area (Å²) in [6.45, 7) is 3.02. The van der Waals surface area contributed by atoms with Gasteiger partial charge in [-0.1, -0.05) is 6.07 Å². The smallest absolute Gasteiger partial charge is 0.243 e. The van der Waals surface area contributed by atoms with Gasteiger partial charge in [0.15, 0.2) is 0 Å². The molecule has 2 heterocycles. The molecule has 1 saturated heterocycles. The van der Waals surface area contributed by atoms with E-state index in [0.717, 1.165) is 16.6 Å². The first-order chi connectivity index (χ1) is 15.0. The molecular formula is C23H25N3O4S. The van der Waals surface area contributed by atoms with Gasteiger partial charge in [0.1, 0.15) is 5.75 Å². The Morgan fingerprint density at radius 2 is 1.84 bits per heavy atom. The fourth-order valence-corrected chi connectivity index (χ4v) is 5.30. The van der Waals surface area contributed by atoms with Crippen molar-refractivity contribution in [1.29, 1.82) is 0 Å². The van der Waals surface area contributed by atoms with Gasteiger partial charge in [0.2, 0.25) is 15.9 Å². The molecule has 8 heteroatoms. The van der Waals surface area contributed by atoms with Crippen molar-refractivity contribution in [3.8, 4) is 5.75 Å². The molecule has 1 N–H and O–H groups in total. The number of benzene rings is 2.